The van der Waals surface area contributed by atoms with Crippen molar-refractivity contribution in [3.8, 4) is 17.6 Å². The largest absolute Gasteiger partial charge is 0.435 e. The van der Waals surface area contributed by atoms with Crippen LogP contribution in [-0.2, 0) is 0 Å². The topological polar surface area (TPSA) is 48.3 Å². The lowest BCUT2D eigenvalue weighted by atomic mass is 10.1. The van der Waals surface area contributed by atoms with Crippen LogP contribution in [0.25, 0.3) is 0 Å². The van der Waals surface area contributed by atoms with E-state index in [1.54, 1.807) is 31.2 Å². The Balaban J connectivity index is 0.000000166. The Labute approximate surface area is 232 Å². The van der Waals surface area contributed by atoms with Crippen molar-refractivity contribution in [3.63, 3.8) is 0 Å². The summed E-state index contributed by atoms with van der Waals surface area (Å²) in [6.07, 6.45) is 3.34. The molecule has 0 bridgehead atoms. The summed E-state index contributed by atoms with van der Waals surface area (Å²) in [6.45, 7) is 3.92. The van der Waals surface area contributed by atoms with Crippen molar-refractivity contribution < 1.29 is 40.6 Å². The molecule has 4 aromatic rings. The minimum atomic E-state index is -2.19. The molecule has 206 valence electrons. The van der Waals surface area contributed by atoms with Crippen LogP contribution in [0.2, 0.25) is 0 Å². The van der Waals surface area contributed by atoms with Crippen LogP contribution < -0.4 is 9.47 Å². The third-order valence-corrected chi connectivity index (χ3v) is 6.55. The number of hydrogen-bond acceptors (Lipinski definition) is 3. The van der Waals surface area contributed by atoms with Crippen LogP contribution in [0, 0.1) is 54.3 Å². The van der Waals surface area contributed by atoms with Crippen LogP contribution in [0.3, 0.4) is 0 Å². The van der Waals surface area contributed by atoms with E-state index in [-0.39, 0.29) is 6.73 Å². The van der Waals surface area contributed by atoms with Gasteiger partial charge in [-0.15, -0.1) is 0 Å². The van der Waals surface area contributed by atoms with Crippen LogP contribution in [0.1, 0.15) is 27.8 Å². The molecule has 5 nitrogen and oxygen atoms in total. The zero-order valence-corrected chi connectivity index (χ0v) is 21.9. The monoisotopic (exact) mass is 563 g/mol. The quantitative estimate of drug-likeness (QED) is 0.117. The molecule has 0 N–H and O–H groups in total. The minimum absolute atomic E-state index is 0.365. The number of rotatable bonds is 2. The molecule has 0 saturated carbocycles. The van der Waals surface area contributed by atoms with E-state index < -0.39 is 34.8 Å². The summed E-state index contributed by atoms with van der Waals surface area (Å²) in [5, 5.41) is 8.94. The lowest BCUT2D eigenvalue weighted by Crippen LogP contribution is -2.24. The van der Waals surface area contributed by atoms with E-state index in [0.29, 0.717) is 23.6 Å². The van der Waals surface area contributed by atoms with E-state index >= 15 is 0 Å². The van der Waals surface area contributed by atoms with E-state index in [1.807, 2.05) is 47.9 Å². The Hall–Kier alpha value is -5.04. The summed E-state index contributed by atoms with van der Waals surface area (Å²) in [7, 11) is 0. The van der Waals surface area contributed by atoms with Crippen molar-refractivity contribution >= 4 is 23.8 Å². The van der Waals surface area contributed by atoms with Crippen molar-refractivity contribution in [1.29, 1.82) is 5.26 Å². The first kappa shape index (κ1) is 27.5. The molecule has 0 unspecified atom stereocenters. The smallest absolute Gasteiger partial charge is 0.292 e. The Bertz CT molecular complexity index is 1760. The van der Waals surface area contributed by atoms with Crippen LogP contribution >= 0.6 is 0 Å². The van der Waals surface area contributed by atoms with E-state index in [0.717, 1.165) is 32.7 Å². The second-order valence-electron chi connectivity index (χ2n) is 9.31. The molecule has 0 spiro atoms. The second kappa shape index (κ2) is 11.2. The molecule has 0 radical (unpaired) electrons. The second-order valence-corrected chi connectivity index (χ2v) is 9.31. The van der Waals surface area contributed by atoms with Crippen molar-refractivity contribution in [2.45, 2.75) is 13.8 Å². The van der Waals surface area contributed by atoms with Gasteiger partial charge in [-0.1, -0.05) is 30.3 Å². The first-order valence-electron chi connectivity index (χ1n) is 12.4. The number of halogens is 5. The highest BCUT2D eigenvalue weighted by Gasteiger charge is 2.34. The van der Waals surface area contributed by atoms with Gasteiger partial charge in [0.25, 0.3) is 19.1 Å². The van der Waals surface area contributed by atoms with Crippen LogP contribution in [0.4, 0.5) is 33.3 Å². The fourth-order valence-electron chi connectivity index (χ4n) is 4.50. The number of fused-ring (bicyclic) bond motifs is 2. The average Bonchev–Trinajstić information content (AvgIpc) is 2.99. The standard InChI is InChI=1S/C16H13N2O.C15H9F5NO/c1-12-4-2-6-14-10-18(11-19-16(12)14)15-7-3-5-13(8-15)9-17;1-7-3-2-4-8-5-21(6-22-15(7)8)14-12(19)10(17)9(16)11(18)13(14)20/h2-8,10H,11H2,1H3;2-5H,6H2,1H3/q2*+1. The van der Waals surface area contributed by atoms with E-state index in [2.05, 4.69) is 12.3 Å². The summed E-state index contributed by atoms with van der Waals surface area (Å²) in [6, 6.07) is 20.8. The van der Waals surface area contributed by atoms with Crippen molar-refractivity contribution in [2.75, 3.05) is 13.5 Å². The molecule has 10 heteroatoms. The molecular formula is C31H22F5N3O2+2. The lowest BCUT2D eigenvalue weighted by molar-refractivity contribution is -0.480. The number of benzene rings is 4. The number of aryl methyl sites for hydroxylation is 2. The maximum absolute atomic E-state index is 13.8. The van der Waals surface area contributed by atoms with Crippen LogP contribution in [-0.4, -0.2) is 35.0 Å². The molecule has 41 heavy (non-hydrogen) atoms. The van der Waals surface area contributed by atoms with Crippen molar-refractivity contribution in [1.82, 2.24) is 0 Å². The van der Waals surface area contributed by atoms with Gasteiger partial charge in [-0.25, -0.2) is 13.2 Å². The van der Waals surface area contributed by atoms with Crippen LogP contribution in [0.15, 0.2) is 60.7 Å². The summed E-state index contributed by atoms with van der Waals surface area (Å²) in [5.74, 6) is -8.51. The van der Waals surface area contributed by atoms with E-state index in [1.165, 1.54) is 6.21 Å². The number of para-hydroxylation sites is 2. The molecule has 2 heterocycles. The molecule has 0 aromatic heterocycles. The molecular weight excluding hydrogens is 541 g/mol. The van der Waals surface area contributed by atoms with Gasteiger partial charge in [-0.05, 0) is 43.2 Å². The molecule has 6 rings (SSSR count). The molecule has 0 fully saturated rings. The fraction of sp³-hybridized carbons (Fsp3) is 0.129. The van der Waals surface area contributed by atoms with Crippen LogP contribution in [0.5, 0.6) is 11.5 Å². The van der Waals surface area contributed by atoms with Gasteiger partial charge in [0, 0.05) is 12.1 Å². The molecule has 0 saturated heterocycles. The first-order chi connectivity index (χ1) is 19.7. The van der Waals surface area contributed by atoms with E-state index in [9.17, 15) is 22.0 Å². The predicted octanol–water partition coefficient (Wildman–Crippen LogP) is 6.78. The third kappa shape index (κ3) is 5.26. The fourth-order valence-corrected chi connectivity index (χ4v) is 4.50. The maximum Gasteiger partial charge on any atom is 0.292 e. The SMILES string of the molecule is Cc1cccc2c1OC[N+](c1c(F)c(F)c(F)c(F)c1F)=C2.Cc1cccc2c1OC[N+](c1cccc(C#N)c1)=C2. The van der Waals surface area contributed by atoms with Crippen molar-refractivity contribution in [3.05, 3.63) is 118 Å². The average molecular weight is 564 g/mol. The summed E-state index contributed by atoms with van der Waals surface area (Å²) in [4.78, 5) is 0. The molecule has 4 aromatic carbocycles. The zero-order valence-electron chi connectivity index (χ0n) is 21.9. The number of hydrogen-bond donors (Lipinski definition) is 0. The summed E-state index contributed by atoms with van der Waals surface area (Å²) >= 11 is 0. The predicted molar refractivity (Wildman–Crippen MR) is 141 cm³/mol. The van der Waals surface area contributed by atoms with Gasteiger partial charge in [-0.2, -0.15) is 23.2 Å². The first-order valence-corrected chi connectivity index (χ1v) is 12.4. The third-order valence-electron chi connectivity index (χ3n) is 6.55. The van der Waals surface area contributed by atoms with Gasteiger partial charge in [-0.3, -0.25) is 0 Å². The van der Waals surface area contributed by atoms with Gasteiger partial charge < -0.3 is 9.47 Å². The highest BCUT2D eigenvalue weighted by Crippen LogP contribution is 2.32. The highest BCUT2D eigenvalue weighted by atomic mass is 19.2. The normalized spacial score (nSPS) is 13.2. The summed E-state index contributed by atoms with van der Waals surface area (Å²) < 4.78 is 81.2. The highest BCUT2D eigenvalue weighted by molar-refractivity contribution is 5.83. The Morgan fingerprint density at radius 1 is 0.659 bits per heavy atom. The lowest BCUT2D eigenvalue weighted by Gasteiger charge is -2.16. The van der Waals surface area contributed by atoms with Gasteiger partial charge >= 0.3 is 0 Å². The van der Waals surface area contributed by atoms with Gasteiger partial charge in [0.15, 0.2) is 12.4 Å². The van der Waals surface area contributed by atoms with Crippen molar-refractivity contribution in [2.24, 2.45) is 0 Å². The Morgan fingerprint density at radius 2 is 1.15 bits per heavy atom. The van der Waals surface area contributed by atoms with Gasteiger partial charge in [0.1, 0.15) is 11.5 Å². The molecule has 0 aliphatic carbocycles. The zero-order chi connectivity index (χ0) is 29.3. The van der Waals surface area contributed by atoms with Gasteiger partial charge in [0.05, 0.1) is 22.8 Å². The number of nitrogens with zero attached hydrogens (tertiary/aromatic N) is 3. The maximum atomic E-state index is 13.8. The number of ether oxygens (including phenoxy) is 2. The molecule has 0 atom stereocenters. The molecule has 2 aliphatic heterocycles. The Morgan fingerprint density at radius 3 is 1.71 bits per heavy atom. The Kier molecular flexibility index (Phi) is 7.53. The minimum Gasteiger partial charge on any atom is -0.435 e. The molecule has 0 amide bonds. The van der Waals surface area contributed by atoms with Gasteiger partial charge in [0.2, 0.25) is 34.8 Å². The summed E-state index contributed by atoms with van der Waals surface area (Å²) in [5.41, 5.74) is 4.06. The molecule has 2 aliphatic rings. The number of nitriles is 1. The van der Waals surface area contributed by atoms with E-state index in [4.69, 9.17) is 14.7 Å².